The first-order valence-corrected chi connectivity index (χ1v) is 6.69. The molecule has 2 unspecified atom stereocenters. The Kier molecular flexibility index (Phi) is 2.38. The van der Waals surface area contributed by atoms with Crippen molar-refractivity contribution in [3.63, 3.8) is 0 Å². The summed E-state index contributed by atoms with van der Waals surface area (Å²) in [7, 11) is 0. The largest absolute Gasteiger partial charge is 0.337 e. The Balaban J connectivity index is 2.02. The number of ether oxygens (including phenoxy) is 1. The number of carbonyl (C=O) groups is 2. The number of carbonyl (C=O) groups excluding carboxylic acids is 2. The number of fused-ring (bicyclic) bond motifs is 2. The van der Waals surface area contributed by atoms with Gasteiger partial charge in [0.05, 0.1) is 0 Å². The Bertz CT molecular complexity index is 511. The standard InChI is InChI=1S/C13H12O3S/c1-2-7-17-13-11(15)9-6-4-3-5-8(9)10(14)12(13)16-13/h3-6,12H,2,7H2,1H3. The fourth-order valence-electron chi connectivity index (χ4n) is 2.19. The van der Waals surface area contributed by atoms with Crippen LogP contribution in [0.3, 0.4) is 0 Å². The molecule has 2 aliphatic rings. The Labute approximate surface area is 104 Å². The molecule has 2 atom stereocenters. The molecule has 17 heavy (non-hydrogen) atoms. The molecule has 0 radical (unpaired) electrons. The fraction of sp³-hybridized carbons (Fsp3) is 0.385. The van der Waals surface area contributed by atoms with E-state index in [2.05, 4.69) is 0 Å². The molecule has 1 aromatic rings. The number of hydrogen-bond acceptors (Lipinski definition) is 4. The van der Waals surface area contributed by atoms with Crippen LogP contribution in [0.2, 0.25) is 0 Å². The zero-order valence-corrected chi connectivity index (χ0v) is 10.3. The summed E-state index contributed by atoms with van der Waals surface area (Å²) < 4.78 is 5.44. The van der Waals surface area contributed by atoms with Gasteiger partial charge in [-0.3, -0.25) is 9.59 Å². The van der Waals surface area contributed by atoms with E-state index in [0.717, 1.165) is 12.2 Å². The van der Waals surface area contributed by atoms with Crippen molar-refractivity contribution >= 4 is 23.3 Å². The van der Waals surface area contributed by atoms with Crippen LogP contribution in [0.15, 0.2) is 24.3 Å². The summed E-state index contributed by atoms with van der Waals surface area (Å²) in [5.41, 5.74) is 1.02. The van der Waals surface area contributed by atoms with Crippen LogP contribution in [0.1, 0.15) is 34.1 Å². The lowest BCUT2D eigenvalue weighted by atomic mass is 9.89. The maximum atomic E-state index is 12.3. The highest BCUT2D eigenvalue weighted by Gasteiger charge is 2.69. The smallest absolute Gasteiger partial charge is 0.211 e. The first-order valence-electron chi connectivity index (χ1n) is 5.70. The van der Waals surface area contributed by atoms with Crippen LogP contribution in [0.25, 0.3) is 0 Å². The Hall–Kier alpha value is -1.13. The molecule has 1 aliphatic carbocycles. The van der Waals surface area contributed by atoms with Crippen molar-refractivity contribution in [2.75, 3.05) is 5.75 Å². The molecule has 1 saturated heterocycles. The van der Waals surface area contributed by atoms with Crippen LogP contribution in [0, 0.1) is 0 Å². The third kappa shape index (κ3) is 1.40. The van der Waals surface area contributed by atoms with Gasteiger partial charge in [-0.05, 0) is 12.2 Å². The molecule has 3 nitrogen and oxygen atoms in total. The Morgan fingerprint density at radius 1 is 1.29 bits per heavy atom. The first-order chi connectivity index (χ1) is 8.20. The van der Waals surface area contributed by atoms with Gasteiger partial charge in [-0.15, -0.1) is 11.8 Å². The van der Waals surface area contributed by atoms with E-state index in [1.807, 2.05) is 6.92 Å². The highest BCUT2D eigenvalue weighted by molar-refractivity contribution is 8.01. The third-order valence-electron chi connectivity index (χ3n) is 3.09. The fourth-order valence-corrected chi connectivity index (χ4v) is 3.36. The topological polar surface area (TPSA) is 46.7 Å². The molecular formula is C13H12O3S. The lowest BCUT2D eigenvalue weighted by Gasteiger charge is -2.17. The predicted octanol–water partition coefficient (Wildman–Crippen LogP) is 2.30. The second kappa shape index (κ2) is 3.68. The van der Waals surface area contributed by atoms with Crippen LogP contribution < -0.4 is 0 Å². The third-order valence-corrected chi connectivity index (χ3v) is 4.63. The molecular weight excluding hydrogens is 236 g/mol. The van der Waals surface area contributed by atoms with E-state index in [4.69, 9.17) is 4.74 Å². The van der Waals surface area contributed by atoms with Crippen molar-refractivity contribution in [1.29, 1.82) is 0 Å². The van der Waals surface area contributed by atoms with E-state index in [1.54, 1.807) is 24.3 Å². The number of thioether (sulfide) groups is 1. The van der Waals surface area contributed by atoms with Crippen molar-refractivity contribution < 1.29 is 14.3 Å². The first kappa shape index (κ1) is 11.0. The SMILES string of the molecule is CCCSC12OC1C(=O)c1ccccc1C2=O. The average molecular weight is 248 g/mol. The van der Waals surface area contributed by atoms with Gasteiger partial charge in [-0.1, -0.05) is 31.2 Å². The second-order valence-electron chi connectivity index (χ2n) is 4.25. The normalized spacial score (nSPS) is 29.8. The molecule has 0 saturated carbocycles. The highest BCUT2D eigenvalue weighted by Crippen LogP contribution is 2.53. The number of rotatable bonds is 3. The zero-order chi connectivity index (χ0) is 12.0. The number of benzene rings is 1. The quantitative estimate of drug-likeness (QED) is 0.770. The minimum atomic E-state index is -0.901. The van der Waals surface area contributed by atoms with Gasteiger partial charge in [0.25, 0.3) is 0 Å². The number of epoxide rings is 1. The molecule has 88 valence electrons. The van der Waals surface area contributed by atoms with Crippen LogP contribution >= 0.6 is 11.8 Å². The summed E-state index contributed by atoms with van der Waals surface area (Å²) in [6, 6.07) is 6.97. The van der Waals surface area contributed by atoms with Gasteiger partial charge in [0, 0.05) is 11.1 Å². The predicted molar refractivity (Wildman–Crippen MR) is 65.5 cm³/mol. The van der Waals surface area contributed by atoms with Gasteiger partial charge in [-0.2, -0.15) is 0 Å². The maximum absolute atomic E-state index is 12.3. The minimum Gasteiger partial charge on any atom is -0.337 e. The highest BCUT2D eigenvalue weighted by atomic mass is 32.2. The molecule has 1 aromatic carbocycles. The van der Waals surface area contributed by atoms with Gasteiger partial charge in [0.15, 0.2) is 11.9 Å². The Morgan fingerprint density at radius 3 is 2.71 bits per heavy atom. The summed E-state index contributed by atoms with van der Waals surface area (Å²) in [4.78, 5) is 23.5. The molecule has 1 aliphatic heterocycles. The lowest BCUT2D eigenvalue weighted by molar-refractivity contribution is 0.0911. The van der Waals surface area contributed by atoms with Gasteiger partial charge >= 0.3 is 0 Å². The van der Waals surface area contributed by atoms with Crippen LogP contribution in [0.4, 0.5) is 0 Å². The van der Waals surface area contributed by atoms with E-state index in [9.17, 15) is 9.59 Å². The van der Waals surface area contributed by atoms with Gasteiger partial charge in [0.2, 0.25) is 10.7 Å². The molecule has 0 N–H and O–H groups in total. The number of hydrogen-bond donors (Lipinski definition) is 0. The molecule has 0 spiro atoms. The molecule has 3 rings (SSSR count). The lowest BCUT2D eigenvalue weighted by Crippen LogP contribution is -2.34. The average Bonchev–Trinajstić information content (AvgIpc) is 3.10. The monoisotopic (exact) mass is 248 g/mol. The van der Waals surface area contributed by atoms with Crippen molar-refractivity contribution in [1.82, 2.24) is 0 Å². The van der Waals surface area contributed by atoms with Crippen LogP contribution in [0.5, 0.6) is 0 Å². The van der Waals surface area contributed by atoms with E-state index >= 15 is 0 Å². The number of Topliss-reactive ketones (excluding diaryl/α,β-unsaturated/α-hetero) is 2. The van der Waals surface area contributed by atoms with Gasteiger partial charge in [-0.25, -0.2) is 0 Å². The summed E-state index contributed by atoms with van der Waals surface area (Å²) in [5, 5.41) is 0. The molecule has 4 heteroatoms. The maximum Gasteiger partial charge on any atom is 0.211 e. The summed E-state index contributed by atoms with van der Waals surface area (Å²) in [6.07, 6.45) is 0.410. The van der Waals surface area contributed by atoms with Crippen molar-refractivity contribution in [3.8, 4) is 0 Å². The van der Waals surface area contributed by atoms with E-state index in [-0.39, 0.29) is 11.6 Å². The van der Waals surface area contributed by atoms with E-state index in [0.29, 0.717) is 11.1 Å². The number of ketones is 2. The second-order valence-corrected chi connectivity index (χ2v) is 5.56. The van der Waals surface area contributed by atoms with Crippen LogP contribution in [-0.2, 0) is 4.74 Å². The van der Waals surface area contributed by atoms with Crippen molar-refractivity contribution in [2.24, 2.45) is 0 Å². The summed E-state index contributed by atoms with van der Waals surface area (Å²) >= 11 is 1.46. The van der Waals surface area contributed by atoms with Crippen LogP contribution in [-0.4, -0.2) is 28.4 Å². The summed E-state index contributed by atoms with van der Waals surface area (Å²) in [6.45, 7) is 2.05. The van der Waals surface area contributed by atoms with E-state index < -0.39 is 11.0 Å². The van der Waals surface area contributed by atoms with Gasteiger partial charge < -0.3 is 4.74 Å². The molecule has 0 aromatic heterocycles. The summed E-state index contributed by atoms with van der Waals surface area (Å²) in [5.74, 6) is 0.734. The van der Waals surface area contributed by atoms with Crippen molar-refractivity contribution in [3.05, 3.63) is 35.4 Å². The minimum absolute atomic E-state index is 0.0452. The van der Waals surface area contributed by atoms with Gasteiger partial charge in [0.1, 0.15) is 0 Å². The zero-order valence-electron chi connectivity index (χ0n) is 9.43. The molecule has 1 heterocycles. The molecule has 1 fully saturated rings. The van der Waals surface area contributed by atoms with Crippen molar-refractivity contribution in [2.45, 2.75) is 24.4 Å². The molecule has 0 bridgehead atoms. The van der Waals surface area contributed by atoms with E-state index in [1.165, 1.54) is 11.8 Å². The molecule has 0 amide bonds. The Morgan fingerprint density at radius 2 is 2.00 bits per heavy atom.